The van der Waals surface area contributed by atoms with E-state index in [4.69, 9.17) is 5.11 Å². The van der Waals surface area contributed by atoms with Crippen LogP contribution < -0.4 is 5.32 Å². The van der Waals surface area contributed by atoms with Gasteiger partial charge >= 0.3 is 0 Å². The van der Waals surface area contributed by atoms with E-state index in [9.17, 15) is 4.79 Å². The van der Waals surface area contributed by atoms with Crippen molar-refractivity contribution in [2.45, 2.75) is 44.7 Å². The monoisotopic (exact) mass is 485 g/mol. The molecule has 0 radical (unpaired) electrons. The van der Waals surface area contributed by atoms with Crippen molar-refractivity contribution in [2.24, 2.45) is 13.0 Å². The van der Waals surface area contributed by atoms with E-state index >= 15 is 0 Å². The highest BCUT2D eigenvalue weighted by atomic mass is 16.3. The number of rotatable bonds is 7. The van der Waals surface area contributed by atoms with Gasteiger partial charge in [-0.05, 0) is 44.2 Å². The van der Waals surface area contributed by atoms with Crippen molar-refractivity contribution >= 4 is 5.91 Å². The molecule has 0 saturated heterocycles. The second kappa shape index (κ2) is 10.4. The highest BCUT2D eigenvalue weighted by molar-refractivity contribution is 5.79. The van der Waals surface area contributed by atoms with Gasteiger partial charge in [-0.15, -0.1) is 0 Å². The average Bonchev–Trinajstić information content (AvgIpc) is 3.59. The molecule has 186 valence electrons. The molecule has 9 nitrogen and oxygen atoms in total. The summed E-state index contributed by atoms with van der Waals surface area (Å²) in [6, 6.07) is 8.21. The number of hydrogen-bond acceptors (Lipinski definition) is 6. The summed E-state index contributed by atoms with van der Waals surface area (Å²) in [7, 11) is 1.90. The Morgan fingerprint density at radius 3 is 2.36 bits per heavy atom. The first-order valence-corrected chi connectivity index (χ1v) is 12.4. The third-order valence-electron chi connectivity index (χ3n) is 6.85. The Morgan fingerprint density at radius 1 is 0.972 bits per heavy atom. The molecule has 1 aromatic carbocycles. The Morgan fingerprint density at radius 2 is 1.67 bits per heavy atom. The van der Waals surface area contributed by atoms with Crippen molar-refractivity contribution in [3.05, 3.63) is 61.4 Å². The van der Waals surface area contributed by atoms with Gasteiger partial charge in [-0.1, -0.05) is 18.2 Å². The van der Waals surface area contributed by atoms with Crippen LogP contribution in [0.4, 0.5) is 0 Å². The summed E-state index contributed by atoms with van der Waals surface area (Å²) >= 11 is 0. The lowest BCUT2D eigenvalue weighted by molar-refractivity contribution is -0.127. The molecule has 9 heteroatoms. The van der Waals surface area contributed by atoms with Crippen molar-refractivity contribution in [1.82, 2.24) is 34.8 Å². The Kier molecular flexibility index (Phi) is 6.90. The van der Waals surface area contributed by atoms with Crippen LogP contribution in [0.2, 0.25) is 0 Å². The third kappa shape index (κ3) is 5.21. The van der Waals surface area contributed by atoms with Gasteiger partial charge in [0.1, 0.15) is 0 Å². The summed E-state index contributed by atoms with van der Waals surface area (Å²) in [6.07, 6.45) is 14.8. The van der Waals surface area contributed by atoms with E-state index in [2.05, 4.69) is 37.6 Å². The number of aliphatic hydroxyl groups excluding tert-OH is 1. The lowest BCUT2D eigenvalue weighted by Crippen LogP contribution is -2.40. The number of amides is 1. The summed E-state index contributed by atoms with van der Waals surface area (Å²) in [5, 5.41) is 20.9. The lowest BCUT2D eigenvalue weighted by Gasteiger charge is -2.28. The number of carbonyl (C=O) groups excluding carboxylic acids is 1. The number of aliphatic hydroxyl groups is 1. The minimum absolute atomic E-state index is 0.00267. The first kappa shape index (κ1) is 23.9. The molecular weight excluding hydrogens is 454 g/mol. The smallest absolute Gasteiger partial charge is 0.223 e. The normalized spacial score (nSPS) is 18.6. The summed E-state index contributed by atoms with van der Waals surface area (Å²) in [6.45, 7) is 1.77. The van der Waals surface area contributed by atoms with Crippen LogP contribution in [0.15, 0.2) is 61.4 Å². The molecule has 3 heterocycles. The zero-order valence-corrected chi connectivity index (χ0v) is 20.6. The molecule has 0 spiro atoms. The van der Waals surface area contributed by atoms with E-state index in [1.807, 2.05) is 68.0 Å². The van der Waals surface area contributed by atoms with Crippen LogP contribution in [0.25, 0.3) is 33.6 Å². The molecule has 2 N–H and O–H groups in total. The van der Waals surface area contributed by atoms with Gasteiger partial charge in [-0.25, -0.2) is 9.97 Å². The fourth-order valence-corrected chi connectivity index (χ4v) is 4.73. The second-order valence-electron chi connectivity index (χ2n) is 9.59. The topological polar surface area (TPSA) is 111 Å². The molecule has 36 heavy (non-hydrogen) atoms. The number of nitrogens with one attached hydrogen (secondary N) is 1. The molecule has 0 aliphatic heterocycles. The van der Waals surface area contributed by atoms with Crippen LogP contribution in [0.5, 0.6) is 0 Å². The van der Waals surface area contributed by atoms with Gasteiger partial charge in [0.2, 0.25) is 5.91 Å². The first-order chi connectivity index (χ1) is 17.5. The molecule has 1 fully saturated rings. The van der Waals surface area contributed by atoms with Gasteiger partial charge in [0.05, 0.1) is 25.0 Å². The quantitative estimate of drug-likeness (QED) is 0.414. The molecule has 0 bridgehead atoms. The van der Waals surface area contributed by atoms with Crippen molar-refractivity contribution in [3.63, 3.8) is 0 Å². The fraction of sp³-hybridized carbons (Fsp3) is 0.370. The summed E-state index contributed by atoms with van der Waals surface area (Å²) < 4.78 is 3.79. The van der Waals surface area contributed by atoms with Crippen molar-refractivity contribution < 1.29 is 9.90 Å². The summed E-state index contributed by atoms with van der Waals surface area (Å²) in [5.41, 5.74) is 4.97. The number of carbonyl (C=O) groups is 1. The standard InChI is InChI=1S/C27H31N7O2/c1-18(17-35)32-27(36)19-6-8-25(9-7-19)34-16-24(14-31-34)22-11-28-26(29-12-22)21-5-3-4-20(10-21)23-13-30-33(2)15-23/h3-5,10-16,18-19,25,35H,6-9,17H2,1-2H3,(H,32,36)/t18?,19-,25-. The van der Waals surface area contributed by atoms with E-state index in [0.717, 1.165) is 53.5 Å². The number of aromatic nitrogens is 6. The van der Waals surface area contributed by atoms with Crippen LogP contribution in [0, 0.1) is 5.92 Å². The molecule has 5 rings (SSSR count). The van der Waals surface area contributed by atoms with Gasteiger partial charge in [-0.2, -0.15) is 10.2 Å². The van der Waals surface area contributed by atoms with Gasteiger partial charge in [0.15, 0.2) is 5.82 Å². The van der Waals surface area contributed by atoms with Crippen LogP contribution in [-0.2, 0) is 11.8 Å². The molecule has 1 atom stereocenters. The van der Waals surface area contributed by atoms with Crippen molar-refractivity contribution in [1.29, 1.82) is 0 Å². The van der Waals surface area contributed by atoms with Gasteiger partial charge in [0, 0.05) is 66.0 Å². The number of hydrogen-bond donors (Lipinski definition) is 2. The predicted octanol–water partition coefficient (Wildman–Crippen LogP) is 3.64. The van der Waals surface area contributed by atoms with Gasteiger partial charge in [-0.3, -0.25) is 14.2 Å². The van der Waals surface area contributed by atoms with Gasteiger partial charge in [0.25, 0.3) is 0 Å². The molecule has 1 saturated carbocycles. The third-order valence-corrected chi connectivity index (χ3v) is 6.85. The van der Waals surface area contributed by atoms with Crippen LogP contribution in [0.1, 0.15) is 38.6 Å². The van der Waals surface area contributed by atoms with E-state index in [0.29, 0.717) is 5.82 Å². The van der Waals surface area contributed by atoms with Crippen LogP contribution >= 0.6 is 0 Å². The SMILES string of the molecule is CC(CO)NC(=O)[C@H]1CC[C@H](n2cc(-c3cnc(-c4cccc(-c5cnn(C)c5)c4)nc3)cn2)CC1. The molecule has 4 aromatic rings. The highest BCUT2D eigenvalue weighted by Gasteiger charge is 2.28. The maximum atomic E-state index is 12.4. The number of benzene rings is 1. The fourth-order valence-electron chi connectivity index (χ4n) is 4.73. The average molecular weight is 486 g/mol. The molecule has 3 aromatic heterocycles. The maximum absolute atomic E-state index is 12.4. The van der Waals surface area contributed by atoms with Crippen molar-refractivity contribution in [3.8, 4) is 33.6 Å². The molecule has 1 aliphatic carbocycles. The summed E-state index contributed by atoms with van der Waals surface area (Å²) in [5.74, 6) is 0.714. The van der Waals surface area contributed by atoms with Crippen LogP contribution in [-0.4, -0.2) is 53.2 Å². The molecule has 1 aliphatic rings. The van der Waals surface area contributed by atoms with E-state index < -0.39 is 0 Å². The summed E-state index contributed by atoms with van der Waals surface area (Å²) in [4.78, 5) is 21.6. The lowest BCUT2D eigenvalue weighted by atomic mass is 9.85. The van der Waals surface area contributed by atoms with Crippen molar-refractivity contribution in [2.75, 3.05) is 6.61 Å². The molecular formula is C27H31N7O2. The Balaban J connectivity index is 1.23. The van der Waals surface area contributed by atoms with Gasteiger partial charge < -0.3 is 10.4 Å². The Labute approximate surface area is 210 Å². The zero-order chi connectivity index (χ0) is 25.1. The Bertz CT molecular complexity index is 1320. The maximum Gasteiger partial charge on any atom is 0.223 e. The number of nitrogens with zero attached hydrogens (tertiary/aromatic N) is 6. The Hall–Kier alpha value is -3.85. The number of aryl methyl sites for hydroxylation is 1. The highest BCUT2D eigenvalue weighted by Crippen LogP contribution is 2.33. The molecule has 1 unspecified atom stereocenters. The van der Waals surface area contributed by atoms with E-state index in [1.165, 1.54) is 0 Å². The minimum atomic E-state index is -0.206. The first-order valence-electron chi connectivity index (χ1n) is 12.4. The zero-order valence-electron chi connectivity index (χ0n) is 20.6. The van der Waals surface area contributed by atoms with E-state index in [-0.39, 0.29) is 30.5 Å². The molecule has 1 amide bonds. The van der Waals surface area contributed by atoms with E-state index in [1.54, 1.807) is 4.68 Å². The van der Waals surface area contributed by atoms with Crippen LogP contribution in [0.3, 0.4) is 0 Å². The second-order valence-corrected chi connectivity index (χ2v) is 9.59. The largest absolute Gasteiger partial charge is 0.394 e. The minimum Gasteiger partial charge on any atom is -0.394 e. The predicted molar refractivity (Wildman–Crippen MR) is 137 cm³/mol.